The molecule has 5 heteroatoms. The van der Waals surface area contributed by atoms with E-state index >= 15 is 0 Å². The first kappa shape index (κ1) is 14.8. The predicted octanol–water partition coefficient (Wildman–Crippen LogP) is 3.05. The number of nitrogens with zero attached hydrogens (tertiary/aromatic N) is 1. The molecule has 0 atom stereocenters. The van der Waals surface area contributed by atoms with Crippen LogP contribution in [0.2, 0.25) is 0 Å². The van der Waals surface area contributed by atoms with Gasteiger partial charge in [0.2, 0.25) is 5.90 Å². The fourth-order valence-corrected chi connectivity index (χ4v) is 2.20. The maximum Gasteiger partial charge on any atom is 0.363 e. The molecule has 0 aromatic heterocycles. The fraction of sp³-hybridized carbons (Fsp3) is 0.111. The van der Waals surface area contributed by atoms with Crippen LogP contribution in [0.5, 0.6) is 11.5 Å². The van der Waals surface area contributed by atoms with Crippen molar-refractivity contribution < 1.29 is 19.0 Å². The van der Waals surface area contributed by atoms with Crippen LogP contribution in [0.1, 0.15) is 11.1 Å². The summed E-state index contributed by atoms with van der Waals surface area (Å²) < 4.78 is 15.6. The summed E-state index contributed by atoms with van der Waals surface area (Å²) in [5.41, 5.74) is 1.71. The molecule has 116 valence electrons. The molecule has 1 aliphatic rings. The third-order valence-corrected chi connectivity index (χ3v) is 3.39. The van der Waals surface area contributed by atoms with Crippen LogP contribution >= 0.6 is 0 Å². The minimum absolute atomic E-state index is 0.236. The number of rotatable bonds is 4. The Morgan fingerprint density at radius 3 is 2.43 bits per heavy atom. The summed E-state index contributed by atoms with van der Waals surface area (Å²) in [7, 11) is 3.17. The fourth-order valence-electron chi connectivity index (χ4n) is 2.20. The number of esters is 1. The average molecular weight is 309 g/mol. The molecule has 0 aliphatic carbocycles. The topological polar surface area (TPSA) is 57.1 Å². The number of ether oxygens (including phenoxy) is 3. The smallest absolute Gasteiger partial charge is 0.363 e. The lowest BCUT2D eigenvalue weighted by molar-refractivity contribution is -0.129. The van der Waals surface area contributed by atoms with Gasteiger partial charge in [-0.3, -0.25) is 0 Å². The van der Waals surface area contributed by atoms with E-state index < -0.39 is 5.97 Å². The van der Waals surface area contributed by atoms with Crippen LogP contribution in [0.4, 0.5) is 0 Å². The molecule has 0 N–H and O–H groups in total. The molecule has 0 fully saturated rings. The number of para-hydroxylation sites is 1. The van der Waals surface area contributed by atoms with Crippen LogP contribution in [0.15, 0.2) is 59.2 Å². The maximum atomic E-state index is 12.0. The number of cyclic esters (lactones) is 1. The first-order chi connectivity index (χ1) is 11.2. The minimum Gasteiger partial charge on any atom is -0.497 e. The van der Waals surface area contributed by atoms with Crippen LogP contribution in [0.25, 0.3) is 6.08 Å². The summed E-state index contributed by atoms with van der Waals surface area (Å²) in [6.45, 7) is 0. The highest BCUT2D eigenvalue weighted by Gasteiger charge is 2.24. The lowest BCUT2D eigenvalue weighted by Gasteiger charge is -2.03. The van der Waals surface area contributed by atoms with Crippen molar-refractivity contribution in [1.29, 1.82) is 0 Å². The molecule has 2 aromatic carbocycles. The third kappa shape index (κ3) is 3.08. The van der Waals surface area contributed by atoms with E-state index in [0.717, 1.165) is 11.3 Å². The zero-order valence-corrected chi connectivity index (χ0v) is 12.8. The Labute approximate surface area is 133 Å². The van der Waals surface area contributed by atoms with Crippen molar-refractivity contribution in [2.75, 3.05) is 14.2 Å². The van der Waals surface area contributed by atoms with Crippen molar-refractivity contribution in [2.45, 2.75) is 0 Å². The largest absolute Gasteiger partial charge is 0.497 e. The van der Waals surface area contributed by atoms with Gasteiger partial charge in [0.1, 0.15) is 11.5 Å². The van der Waals surface area contributed by atoms with Crippen LogP contribution in [-0.2, 0) is 9.53 Å². The zero-order chi connectivity index (χ0) is 16.2. The molecule has 0 saturated carbocycles. The molecule has 1 heterocycles. The van der Waals surface area contributed by atoms with Crippen molar-refractivity contribution in [3.8, 4) is 11.5 Å². The van der Waals surface area contributed by atoms with Gasteiger partial charge in [-0.15, -0.1) is 0 Å². The standard InChI is InChI=1S/C18H15NO4/c1-21-14-9-7-12(8-10-14)17-19-15(18(20)23-17)11-13-5-3-4-6-16(13)22-2/h3-11H,1-2H3/b15-11+. The molecule has 0 radical (unpaired) electrons. The molecule has 0 bridgehead atoms. The summed E-state index contributed by atoms with van der Waals surface area (Å²) in [5.74, 6) is 1.19. The van der Waals surface area contributed by atoms with Gasteiger partial charge in [-0.2, -0.15) is 0 Å². The van der Waals surface area contributed by atoms with Gasteiger partial charge in [-0.25, -0.2) is 9.79 Å². The molecule has 2 aromatic rings. The second-order valence-electron chi connectivity index (χ2n) is 4.81. The van der Waals surface area contributed by atoms with Crippen LogP contribution in [-0.4, -0.2) is 26.1 Å². The molecule has 23 heavy (non-hydrogen) atoms. The van der Waals surface area contributed by atoms with E-state index in [4.69, 9.17) is 14.2 Å². The van der Waals surface area contributed by atoms with Crippen LogP contribution in [0, 0.1) is 0 Å². The summed E-state index contributed by atoms with van der Waals surface area (Å²) in [6.07, 6.45) is 1.65. The predicted molar refractivity (Wildman–Crippen MR) is 86.6 cm³/mol. The van der Waals surface area contributed by atoms with Crippen LogP contribution < -0.4 is 9.47 Å². The number of carbonyl (C=O) groups is 1. The Hall–Kier alpha value is -3.08. The molecular formula is C18H15NO4. The molecule has 0 amide bonds. The normalized spacial score (nSPS) is 15.3. The van der Waals surface area contributed by atoms with E-state index in [9.17, 15) is 4.79 Å². The third-order valence-electron chi connectivity index (χ3n) is 3.39. The van der Waals surface area contributed by atoms with Gasteiger partial charge in [0.15, 0.2) is 5.70 Å². The summed E-state index contributed by atoms with van der Waals surface area (Å²) in [6, 6.07) is 14.5. The van der Waals surface area contributed by atoms with Crippen molar-refractivity contribution >= 4 is 17.9 Å². The van der Waals surface area contributed by atoms with E-state index in [1.807, 2.05) is 24.3 Å². The van der Waals surface area contributed by atoms with Crippen molar-refractivity contribution in [3.05, 3.63) is 65.4 Å². The molecule has 0 spiro atoms. The van der Waals surface area contributed by atoms with Crippen molar-refractivity contribution in [1.82, 2.24) is 0 Å². The highest BCUT2D eigenvalue weighted by atomic mass is 16.6. The Kier molecular flexibility index (Phi) is 4.10. The van der Waals surface area contributed by atoms with Crippen molar-refractivity contribution in [3.63, 3.8) is 0 Å². The number of hydrogen-bond acceptors (Lipinski definition) is 5. The SMILES string of the molecule is COc1ccc(C2=N/C(=C/c3ccccc3OC)C(=O)O2)cc1. The summed E-state index contributed by atoms with van der Waals surface area (Å²) in [5, 5.41) is 0. The molecule has 5 nitrogen and oxygen atoms in total. The highest BCUT2D eigenvalue weighted by molar-refractivity contribution is 6.13. The Morgan fingerprint density at radius 1 is 1.00 bits per heavy atom. The number of aliphatic imine (C=N–C) groups is 1. The number of hydrogen-bond donors (Lipinski definition) is 0. The number of benzene rings is 2. The molecular weight excluding hydrogens is 294 g/mol. The lowest BCUT2D eigenvalue weighted by Crippen LogP contribution is -2.05. The van der Waals surface area contributed by atoms with Crippen molar-refractivity contribution in [2.24, 2.45) is 4.99 Å². The van der Waals surface area contributed by atoms with Gasteiger partial charge < -0.3 is 14.2 Å². The Balaban J connectivity index is 1.93. The van der Waals surface area contributed by atoms with Gasteiger partial charge >= 0.3 is 5.97 Å². The Bertz CT molecular complexity index is 791. The first-order valence-corrected chi connectivity index (χ1v) is 7.01. The van der Waals surface area contributed by atoms with Crippen LogP contribution in [0.3, 0.4) is 0 Å². The van der Waals surface area contributed by atoms with Gasteiger partial charge in [0.25, 0.3) is 0 Å². The van der Waals surface area contributed by atoms with E-state index in [0.29, 0.717) is 11.3 Å². The summed E-state index contributed by atoms with van der Waals surface area (Å²) in [4.78, 5) is 16.3. The van der Waals surface area contributed by atoms with E-state index in [1.54, 1.807) is 44.6 Å². The minimum atomic E-state index is -0.485. The molecule has 0 unspecified atom stereocenters. The molecule has 1 aliphatic heterocycles. The van der Waals surface area contributed by atoms with E-state index in [-0.39, 0.29) is 11.6 Å². The summed E-state index contributed by atoms with van der Waals surface area (Å²) >= 11 is 0. The molecule has 3 rings (SSSR count). The molecule has 0 saturated heterocycles. The van der Waals surface area contributed by atoms with Gasteiger partial charge in [-0.05, 0) is 36.4 Å². The van der Waals surface area contributed by atoms with E-state index in [1.165, 1.54) is 0 Å². The number of methoxy groups -OCH3 is 2. The number of carbonyl (C=O) groups excluding carboxylic acids is 1. The maximum absolute atomic E-state index is 12.0. The second kappa shape index (κ2) is 6.36. The lowest BCUT2D eigenvalue weighted by atomic mass is 10.1. The Morgan fingerprint density at radius 2 is 1.74 bits per heavy atom. The quantitative estimate of drug-likeness (QED) is 0.643. The zero-order valence-electron chi connectivity index (χ0n) is 12.8. The van der Waals surface area contributed by atoms with E-state index in [2.05, 4.69) is 4.99 Å². The first-order valence-electron chi connectivity index (χ1n) is 7.01. The monoisotopic (exact) mass is 309 g/mol. The average Bonchev–Trinajstić information content (AvgIpc) is 2.96. The highest BCUT2D eigenvalue weighted by Crippen LogP contribution is 2.24. The van der Waals surface area contributed by atoms with Gasteiger partial charge in [0.05, 0.1) is 14.2 Å². The second-order valence-corrected chi connectivity index (χ2v) is 4.81. The van der Waals surface area contributed by atoms with Gasteiger partial charge in [-0.1, -0.05) is 18.2 Å². The van der Waals surface area contributed by atoms with Gasteiger partial charge in [0, 0.05) is 11.1 Å².